The SMILES string of the molecule is C=NC(=C)N(C(=O)NC)c1c(CCCO[Si](C)(C)C(C)(C)C)ccnc1C(C)C. The van der Waals surface area contributed by atoms with E-state index in [1.54, 1.807) is 13.2 Å². The molecule has 0 fully saturated rings. The summed E-state index contributed by atoms with van der Waals surface area (Å²) in [6.45, 7) is 23.5. The fourth-order valence-corrected chi connectivity index (χ4v) is 3.82. The molecule has 7 heteroatoms. The Morgan fingerprint density at radius 2 is 2.00 bits per heavy atom. The maximum atomic E-state index is 12.6. The number of aromatic nitrogens is 1. The molecular weight excluding hydrogens is 380 g/mol. The second-order valence-electron chi connectivity index (χ2n) is 9.04. The Labute approximate surface area is 177 Å². The molecule has 1 rings (SSSR count). The van der Waals surface area contributed by atoms with Crippen LogP contribution in [0.4, 0.5) is 10.5 Å². The molecule has 0 spiro atoms. The highest BCUT2D eigenvalue weighted by Gasteiger charge is 2.36. The molecule has 0 aliphatic rings. The molecule has 1 aromatic rings. The maximum absolute atomic E-state index is 12.6. The van der Waals surface area contributed by atoms with Gasteiger partial charge in [-0.15, -0.1) is 0 Å². The summed E-state index contributed by atoms with van der Waals surface area (Å²) in [6.07, 6.45) is 3.43. The Morgan fingerprint density at radius 3 is 2.48 bits per heavy atom. The summed E-state index contributed by atoms with van der Waals surface area (Å²) < 4.78 is 6.32. The number of hydrogen-bond donors (Lipinski definition) is 1. The summed E-state index contributed by atoms with van der Waals surface area (Å²) in [5, 5.41) is 2.85. The molecule has 1 heterocycles. The first-order valence-corrected chi connectivity index (χ1v) is 13.1. The second-order valence-corrected chi connectivity index (χ2v) is 13.8. The van der Waals surface area contributed by atoms with Crippen LogP contribution in [0.15, 0.2) is 29.7 Å². The van der Waals surface area contributed by atoms with Crippen LogP contribution in [0, 0.1) is 0 Å². The lowest BCUT2D eigenvalue weighted by Crippen LogP contribution is -2.41. The highest BCUT2D eigenvalue weighted by molar-refractivity contribution is 6.74. The number of aryl methyl sites for hydroxylation is 1. The molecule has 1 N–H and O–H groups in total. The number of anilines is 1. The van der Waals surface area contributed by atoms with E-state index in [0.717, 1.165) is 29.8 Å². The molecular formula is C22H38N4O2Si. The van der Waals surface area contributed by atoms with Crippen molar-refractivity contribution in [2.75, 3.05) is 18.6 Å². The van der Waals surface area contributed by atoms with Crippen molar-refractivity contribution < 1.29 is 9.22 Å². The van der Waals surface area contributed by atoms with E-state index in [-0.39, 0.29) is 22.8 Å². The van der Waals surface area contributed by atoms with Crippen LogP contribution in [-0.4, -0.2) is 39.7 Å². The predicted octanol–water partition coefficient (Wildman–Crippen LogP) is 5.48. The van der Waals surface area contributed by atoms with E-state index in [1.807, 2.05) is 6.07 Å². The third-order valence-electron chi connectivity index (χ3n) is 5.52. The van der Waals surface area contributed by atoms with Crippen LogP contribution in [0.25, 0.3) is 0 Å². The lowest BCUT2D eigenvalue weighted by atomic mass is 10.0. The van der Waals surface area contributed by atoms with Crippen LogP contribution in [0.5, 0.6) is 0 Å². The summed E-state index contributed by atoms with van der Waals surface area (Å²) in [5.74, 6) is 0.413. The fraction of sp³-hybridized carbons (Fsp3) is 0.591. The van der Waals surface area contributed by atoms with Crippen molar-refractivity contribution in [3.8, 4) is 0 Å². The topological polar surface area (TPSA) is 66.8 Å². The number of carbonyl (C=O) groups excluding carboxylic acids is 1. The summed E-state index contributed by atoms with van der Waals surface area (Å²) in [5.41, 5.74) is 2.60. The third kappa shape index (κ3) is 6.24. The number of aliphatic imine (C=N–C) groups is 1. The Kier molecular flexibility index (Phi) is 8.77. The lowest BCUT2D eigenvalue weighted by molar-refractivity contribution is 0.249. The third-order valence-corrected chi connectivity index (χ3v) is 10.1. The monoisotopic (exact) mass is 418 g/mol. The Hall–Kier alpha value is -1.99. The van der Waals surface area contributed by atoms with E-state index in [2.05, 4.69) is 76.3 Å². The molecule has 0 aromatic carbocycles. The zero-order chi connectivity index (χ0) is 22.4. The van der Waals surface area contributed by atoms with Gasteiger partial charge in [0.2, 0.25) is 0 Å². The van der Waals surface area contributed by atoms with Crippen molar-refractivity contribution in [1.82, 2.24) is 10.3 Å². The molecule has 2 amide bonds. The summed E-state index contributed by atoms with van der Waals surface area (Å²) in [7, 11) is -0.192. The molecule has 0 aliphatic heterocycles. The van der Waals surface area contributed by atoms with E-state index in [1.165, 1.54) is 4.90 Å². The minimum atomic E-state index is -1.78. The van der Waals surface area contributed by atoms with Crippen molar-refractivity contribution in [2.45, 2.75) is 71.5 Å². The van der Waals surface area contributed by atoms with Crippen molar-refractivity contribution in [2.24, 2.45) is 4.99 Å². The molecule has 0 bridgehead atoms. The normalized spacial score (nSPS) is 12.0. The van der Waals surface area contributed by atoms with Crippen LogP contribution in [-0.2, 0) is 10.8 Å². The molecule has 0 aliphatic carbocycles. The van der Waals surface area contributed by atoms with Crippen LogP contribution in [0.1, 0.15) is 58.2 Å². The molecule has 162 valence electrons. The van der Waals surface area contributed by atoms with Gasteiger partial charge in [-0.3, -0.25) is 4.98 Å². The number of urea groups is 1. The van der Waals surface area contributed by atoms with E-state index in [4.69, 9.17) is 4.43 Å². The zero-order valence-electron chi connectivity index (χ0n) is 19.4. The molecule has 0 saturated heterocycles. The summed E-state index contributed by atoms with van der Waals surface area (Å²) in [6, 6.07) is 1.65. The van der Waals surface area contributed by atoms with E-state index in [0.29, 0.717) is 6.61 Å². The number of carbonyl (C=O) groups is 1. The fourth-order valence-electron chi connectivity index (χ4n) is 2.73. The van der Waals surface area contributed by atoms with Crippen molar-refractivity contribution in [3.05, 3.63) is 35.9 Å². The average molecular weight is 419 g/mol. The minimum absolute atomic E-state index is 0.137. The van der Waals surface area contributed by atoms with Crippen molar-refractivity contribution in [1.29, 1.82) is 0 Å². The Balaban J connectivity index is 3.18. The van der Waals surface area contributed by atoms with Gasteiger partial charge in [0.05, 0.1) is 11.4 Å². The van der Waals surface area contributed by atoms with Gasteiger partial charge in [-0.1, -0.05) is 41.2 Å². The predicted molar refractivity (Wildman–Crippen MR) is 125 cm³/mol. The minimum Gasteiger partial charge on any atom is -0.417 e. The van der Waals surface area contributed by atoms with Gasteiger partial charge in [-0.25, -0.2) is 14.7 Å². The zero-order valence-corrected chi connectivity index (χ0v) is 20.4. The molecule has 29 heavy (non-hydrogen) atoms. The van der Waals surface area contributed by atoms with Gasteiger partial charge in [-0.2, -0.15) is 0 Å². The van der Waals surface area contributed by atoms with Crippen LogP contribution in [0.3, 0.4) is 0 Å². The van der Waals surface area contributed by atoms with Gasteiger partial charge >= 0.3 is 6.03 Å². The van der Waals surface area contributed by atoms with E-state index in [9.17, 15) is 4.79 Å². The van der Waals surface area contributed by atoms with Gasteiger partial charge in [0.25, 0.3) is 0 Å². The van der Waals surface area contributed by atoms with E-state index >= 15 is 0 Å². The highest BCUT2D eigenvalue weighted by Crippen LogP contribution is 2.37. The number of hydrogen-bond acceptors (Lipinski definition) is 4. The van der Waals surface area contributed by atoms with Gasteiger partial charge in [-0.05, 0) is 55.2 Å². The Morgan fingerprint density at radius 1 is 1.38 bits per heavy atom. The number of pyridine rings is 1. The first-order valence-electron chi connectivity index (χ1n) is 10.2. The maximum Gasteiger partial charge on any atom is 0.327 e. The van der Waals surface area contributed by atoms with E-state index < -0.39 is 8.32 Å². The number of nitrogens with one attached hydrogen (secondary N) is 1. The van der Waals surface area contributed by atoms with Crippen LogP contribution >= 0.6 is 0 Å². The summed E-state index contributed by atoms with van der Waals surface area (Å²) in [4.78, 5) is 22.6. The molecule has 0 radical (unpaired) electrons. The average Bonchev–Trinajstić information content (AvgIpc) is 2.64. The van der Waals surface area contributed by atoms with Crippen LogP contribution < -0.4 is 10.2 Å². The van der Waals surface area contributed by atoms with Gasteiger partial charge < -0.3 is 9.74 Å². The molecule has 0 saturated carbocycles. The highest BCUT2D eigenvalue weighted by atomic mass is 28.4. The number of rotatable bonds is 9. The second kappa shape index (κ2) is 10.2. The molecule has 6 nitrogen and oxygen atoms in total. The van der Waals surface area contributed by atoms with Gasteiger partial charge in [0, 0.05) is 19.9 Å². The summed E-state index contributed by atoms with van der Waals surface area (Å²) >= 11 is 0. The smallest absolute Gasteiger partial charge is 0.327 e. The first-order chi connectivity index (χ1) is 13.4. The largest absolute Gasteiger partial charge is 0.417 e. The van der Waals surface area contributed by atoms with Crippen molar-refractivity contribution >= 4 is 26.8 Å². The Bertz CT molecular complexity index is 739. The number of nitrogens with zero attached hydrogens (tertiary/aromatic N) is 3. The van der Waals surface area contributed by atoms with Gasteiger partial charge in [0.15, 0.2) is 8.32 Å². The lowest BCUT2D eigenvalue weighted by Gasteiger charge is -2.36. The molecule has 1 aromatic heterocycles. The van der Waals surface area contributed by atoms with Crippen LogP contribution in [0.2, 0.25) is 18.1 Å². The molecule has 0 unspecified atom stereocenters. The number of amides is 2. The standard InChI is InChI=1S/C22H38N4O2Si/c1-16(2)19-20(26(17(3)23-7)21(27)24-8)18(13-14-25-19)12-11-15-28-29(9,10)22(4,5)6/h13-14,16H,3,7,11-12,15H2,1-2,4-6,8-10H3,(H,24,27). The van der Waals surface area contributed by atoms with Gasteiger partial charge in [0.1, 0.15) is 5.82 Å². The quantitative estimate of drug-likeness (QED) is 0.328. The molecule has 0 atom stereocenters. The first kappa shape index (κ1) is 25.0. The van der Waals surface area contributed by atoms with Crippen molar-refractivity contribution in [3.63, 3.8) is 0 Å².